The summed E-state index contributed by atoms with van der Waals surface area (Å²) in [6.07, 6.45) is 1.73. The van der Waals surface area contributed by atoms with E-state index in [1.165, 1.54) is 5.56 Å². The molecule has 2 heterocycles. The Balaban J connectivity index is 1.20. The number of anilines is 1. The summed E-state index contributed by atoms with van der Waals surface area (Å²) in [5, 5.41) is 3.91. The fraction of sp³-hybridized carbons (Fsp3) is 0.0938. The number of hydrogen-bond donors (Lipinski definition) is 1. The molecule has 0 aliphatic heterocycles. The van der Waals surface area contributed by atoms with Crippen molar-refractivity contribution in [3.8, 4) is 11.3 Å². The number of fused-ring (bicyclic) bond motifs is 2. The van der Waals surface area contributed by atoms with Crippen molar-refractivity contribution < 1.29 is 4.79 Å². The highest BCUT2D eigenvalue weighted by Gasteiger charge is 2.14. The Morgan fingerprint density at radius 3 is 2.24 bits per heavy atom. The first-order valence-electron chi connectivity index (χ1n) is 12.4. The molecule has 1 amide bonds. The van der Waals surface area contributed by atoms with E-state index in [-0.39, 0.29) is 5.91 Å². The van der Waals surface area contributed by atoms with E-state index >= 15 is 0 Å². The zero-order valence-corrected chi connectivity index (χ0v) is 20.6. The Morgan fingerprint density at radius 2 is 1.46 bits per heavy atom. The van der Waals surface area contributed by atoms with Gasteiger partial charge in [0, 0.05) is 30.1 Å². The number of nitrogens with zero attached hydrogens (tertiary/aromatic N) is 3. The zero-order valence-electron chi connectivity index (χ0n) is 20.6. The molecule has 4 aromatic carbocycles. The summed E-state index contributed by atoms with van der Waals surface area (Å²) >= 11 is 0. The van der Waals surface area contributed by atoms with E-state index in [9.17, 15) is 4.79 Å². The fourth-order valence-corrected chi connectivity index (χ4v) is 4.75. The van der Waals surface area contributed by atoms with E-state index in [2.05, 4.69) is 35.1 Å². The number of benzene rings is 4. The summed E-state index contributed by atoms with van der Waals surface area (Å²) in [5.74, 6) is 0.917. The predicted octanol–water partition coefficient (Wildman–Crippen LogP) is 6.83. The van der Waals surface area contributed by atoms with Crippen LogP contribution < -0.4 is 5.32 Å². The topological polar surface area (TPSA) is 59.8 Å². The largest absolute Gasteiger partial charge is 0.331 e. The lowest BCUT2D eigenvalue weighted by Crippen LogP contribution is -2.13. The first-order valence-corrected chi connectivity index (χ1v) is 12.4. The lowest BCUT2D eigenvalue weighted by molar-refractivity contribution is 0.102. The molecular weight excluding hydrogens is 456 g/mol. The van der Waals surface area contributed by atoms with Crippen LogP contribution >= 0.6 is 0 Å². The van der Waals surface area contributed by atoms with Gasteiger partial charge >= 0.3 is 0 Å². The van der Waals surface area contributed by atoms with Crippen molar-refractivity contribution in [2.24, 2.45) is 7.05 Å². The molecule has 0 atom stereocenters. The van der Waals surface area contributed by atoms with E-state index in [1.54, 1.807) is 0 Å². The van der Waals surface area contributed by atoms with E-state index in [4.69, 9.17) is 9.97 Å². The van der Waals surface area contributed by atoms with Crippen LogP contribution in [0.2, 0.25) is 0 Å². The number of amides is 1. The van der Waals surface area contributed by atoms with Crippen molar-refractivity contribution in [2.45, 2.75) is 12.8 Å². The minimum absolute atomic E-state index is 0.150. The second-order valence-corrected chi connectivity index (χ2v) is 9.17. The third-order valence-corrected chi connectivity index (χ3v) is 6.76. The maximum absolute atomic E-state index is 13.4. The maximum atomic E-state index is 13.4. The van der Waals surface area contributed by atoms with Gasteiger partial charge in [-0.3, -0.25) is 4.79 Å². The highest BCUT2D eigenvalue weighted by atomic mass is 16.1. The molecule has 5 nitrogen and oxygen atoms in total. The van der Waals surface area contributed by atoms with E-state index in [1.807, 2.05) is 91.0 Å². The maximum Gasteiger partial charge on any atom is 0.256 e. The van der Waals surface area contributed by atoms with E-state index in [0.29, 0.717) is 5.56 Å². The number of imidazole rings is 1. The van der Waals surface area contributed by atoms with Gasteiger partial charge in [-0.25, -0.2) is 9.97 Å². The van der Waals surface area contributed by atoms with Crippen molar-refractivity contribution >= 4 is 33.5 Å². The predicted molar refractivity (Wildman–Crippen MR) is 150 cm³/mol. The fourth-order valence-electron chi connectivity index (χ4n) is 4.75. The third-order valence-electron chi connectivity index (χ3n) is 6.76. The normalized spacial score (nSPS) is 11.2. The molecule has 0 radical (unpaired) electrons. The van der Waals surface area contributed by atoms with Crippen molar-refractivity contribution in [3.05, 3.63) is 126 Å². The molecular formula is C32H26N4O. The van der Waals surface area contributed by atoms with Crippen LogP contribution in [0.3, 0.4) is 0 Å². The first kappa shape index (κ1) is 22.7. The summed E-state index contributed by atoms with van der Waals surface area (Å²) in [5.41, 5.74) is 7.30. The molecule has 0 aliphatic carbocycles. The molecule has 0 fully saturated rings. The van der Waals surface area contributed by atoms with Crippen molar-refractivity contribution in [2.75, 3.05) is 5.32 Å². The Bertz CT molecular complexity index is 1720. The van der Waals surface area contributed by atoms with Gasteiger partial charge < -0.3 is 9.88 Å². The number of aryl methyl sites for hydroxylation is 3. The van der Waals surface area contributed by atoms with Crippen LogP contribution in [0, 0.1) is 0 Å². The molecule has 0 aliphatic rings. The molecule has 6 rings (SSSR count). The monoisotopic (exact) mass is 482 g/mol. The molecule has 6 aromatic rings. The van der Waals surface area contributed by atoms with Crippen LogP contribution in [0.5, 0.6) is 0 Å². The number of carbonyl (C=O) groups excluding carboxylic acids is 1. The summed E-state index contributed by atoms with van der Waals surface area (Å²) in [4.78, 5) is 22.9. The molecule has 5 heteroatoms. The van der Waals surface area contributed by atoms with Gasteiger partial charge in [0.2, 0.25) is 0 Å². The number of hydrogen-bond acceptors (Lipinski definition) is 3. The molecule has 2 aromatic heterocycles. The molecule has 180 valence electrons. The number of para-hydroxylation sites is 3. The number of pyridine rings is 1. The smallest absolute Gasteiger partial charge is 0.256 e. The summed E-state index contributed by atoms with van der Waals surface area (Å²) < 4.78 is 2.16. The summed E-state index contributed by atoms with van der Waals surface area (Å²) in [7, 11) is 2.06. The highest BCUT2D eigenvalue weighted by Crippen LogP contribution is 2.26. The molecule has 0 saturated heterocycles. The van der Waals surface area contributed by atoms with Crippen molar-refractivity contribution in [1.29, 1.82) is 0 Å². The van der Waals surface area contributed by atoms with Crippen molar-refractivity contribution in [3.63, 3.8) is 0 Å². The SMILES string of the molecule is Cn1c(CCc2ccc(NC(=O)c3cc(-c4ccccc4)nc4ccccc34)cc2)nc2ccccc21. The lowest BCUT2D eigenvalue weighted by Gasteiger charge is -2.11. The number of rotatable bonds is 6. The number of carbonyl (C=O) groups is 1. The van der Waals surface area contributed by atoms with Crippen LogP contribution in [0.15, 0.2) is 109 Å². The molecule has 37 heavy (non-hydrogen) atoms. The van der Waals surface area contributed by atoms with Gasteiger partial charge in [-0.1, -0.05) is 72.8 Å². The zero-order chi connectivity index (χ0) is 25.2. The van der Waals surface area contributed by atoms with Crippen LogP contribution in [0.1, 0.15) is 21.7 Å². The number of nitrogens with one attached hydrogen (secondary N) is 1. The molecule has 0 spiro atoms. The second kappa shape index (κ2) is 9.70. The molecule has 0 bridgehead atoms. The number of aromatic nitrogens is 3. The Morgan fingerprint density at radius 1 is 0.757 bits per heavy atom. The Labute approximate surface area is 215 Å². The van der Waals surface area contributed by atoms with Gasteiger partial charge in [-0.2, -0.15) is 0 Å². The van der Waals surface area contributed by atoms with Gasteiger partial charge in [0.15, 0.2) is 0 Å². The van der Waals surface area contributed by atoms with Crippen LogP contribution in [-0.2, 0) is 19.9 Å². The van der Waals surface area contributed by atoms with Crippen LogP contribution in [-0.4, -0.2) is 20.4 Å². The van der Waals surface area contributed by atoms with Gasteiger partial charge in [0.25, 0.3) is 5.91 Å². The first-order chi connectivity index (χ1) is 18.2. The summed E-state index contributed by atoms with van der Waals surface area (Å²) in [6, 6.07) is 35.8. The quantitative estimate of drug-likeness (QED) is 0.283. The summed E-state index contributed by atoms with van der Waals surface area (Å²) in [6.45, 7) is 0. The van der Waals surface area contributed by atoms with Crippen LogP contribution in [0.25, 0.3) is 33.2 Å². The Hall–Kier alpha value is -4.77. The average Bonchev–Trinajstić information content (AvgIpc) is 3.27. The Kier molecular flexibility index (Phi) is 5.95. The van der Waals surface area contributed by atoms with Crippen molar-refractivity contribution in [1.82, 2.24) is 14.5 Å². The molecule has 1 N–H and O–H groups in total. The van der Waals surface area contributed by atoms with Gasteiger partial charge in [0.05, 0.1) is 27.8 Å². The van der Waals surface area contributed by atoms with Crippen LogP contribution in [0.4, 0.5) is 5.69 Å². The second-order valence-electron chi connectivity index (χ2n) is 9.17. The van der Waals surface area contributed by atoms with Gasteiger partial charge in [-0.05, 0) is 48.4 Å². The third kappa shape index (κ3) is 4.59. The minimum Gasteiger partial charge on any atom is -0.331 e. The van der Waals surface area contributed by atoms with E-state index in [0.717, 1.165) is 57.5 Å². The molecule has 0 saturated carbocycles. The van der Waals surface area contributed by atoms with Gasteiger partial charge in [-0.15, -0.1) is 0 Å². The molecule has 0 unspecified atom stereocenters. The lowest BCUT2D eigenvalue weighted by atomic mass is 10.0. The van der Waals surface area contributed by atoms with Gasteiger partial charge in [0.1, 0.15) is 5.82 Å². The average molecular weight is 483 g/mol. The highest BCUT2D eigenvalue weighted by molar-refractivity contribution is 6.13. The minimum atomic E-state index is -0.150. The standard InChI is InChI=1S/C32H26N4O/c1-36-30-14-8-7-13-28(30)35-31(36)20-17-22-15-18-24(19-16-22)33-32(37)26-21-29(23-9-3-2-4-10-23)34-27-12-6-5-11-25(26)27/h2-16,18-19,21H,17,20H2,1H3,(H,33,37). The van der Waals surface area contributed by atoms with E-state index < -0.39 is 0 Å².